The molecule has 0 aliphatic carbocycles. The lowest BCUT2D eigenvalue weighted by Gasteiger charge is -2.26. The fraction of sp³-hybridized carbons (Fsp3) is 0.300. The zero-order valence-electron chi connectivity index (χ0n) is 9.77. The molecule has 0 saturated carbocycles. The van der Waals surface area contributed by atoms with Crippen molar-refractivity contribution in [1.29, 1.82) is 0 Å². The van der Waals surface area contributed by atoms with Gasteiger partial charge in [0.1, 0.15) is 17.0 Å². The number of nitrogens with zero attached hydrogens (tertiary/aromatic N) is 5. The van der Waals surface area contributed by atoms with Crippen LogP contribution in [0.25, 0.3) is 0 Å². The number of hydrogen-bond donors (Lipinski definition) is 0. The quantitative estimate of drug-likeness (QED) is 0.808. The molecule has 7 nitrogen and oxygen atoms in total. The van der Waals surface area contributed by atoms with Crippen molar-refractivity contribution in [3.63, 3.8) is 0 Å². The van der Waals surface area contributed by atoms with E-state index in [1.807, 2.05) is 4.57 Å². The Kier molecular flexibility index (Phi) is 3.00. The smallest absolute Gasteiger partial charge is 0.246 e. The van der Waals surface area contributed by atoms with Gasteiger partial charge < -0.3 is 4.57 Å². The molecular formula is C10H10ClN5O2S. The fourth-order valence-electron chi connectivity index (χ4n) is 1.94. The monoisotopic (exact) mass is 299 g/mol. The maximum Gasteiger partial charge on any atom is 0.246 e. The Morgan fingerprint density at radius 1 is 1.32 bits per heavy atom. The molecule has 9 heteroatoms. The van der Waals surface area contributed by atoms with E-state index in [4.69, 9.17) is 11.6 Å². The lowest BCUT2D eigenvalue weighted by molar-refractivity contribution is 0.335. The van der Waals surface area contributed by atoms with Gasteiger partial charge in [-0.05, 0) is 6.07 Å². The highest BCUT2D eigenvalue weighted by atomic mass is 35.5. The minimum atomic E-state index is -3.66. The van der Waals surface area contributed by atoms with Crippen LogP contribution in [0.3, 0.4) is 0 Å². The van der Waals surface area contributed by atoms with E-state index in [0.29, 0.717) is 18.9 Å². The molecule has 0 aromatic carbocycles. The topological polar surface area (TPSA) is 81.0 Å². The Morgan fingerprint density at radius 3 is 2.95 bits per heavy atom. The molecule has 0 fully saturated rings. The van der Waals surface area contributed by atoms with Gasteiger partial charge in [0.15, 0.2) is 0 Å². The van der Waals surface area contributed by atoms with Crippen molar-refractivity contribution in [3.8, 4) is 0 Å². The van der Waals surface area contributed by atoms with Crippen LogP contribution < -0.4 is 0 Å². The van der Waals surface area contributed by atoms with Crippen LogP contribution in [0, 0.1) is 0 Å². The third-order valence-electron chi connectivity index (χ3n) is 2.96. The molecule has 1 aliphatic rings. The fourth-order valence-corrected chi connectivity index (χ4v) is 3.73. The van der Waals surface area contributed by atoms with Gasteiger partial charge in [0.2, 0.25) is 10.0 Å². The average molecular weight is 300 g/mol. The summed E-state index contributed by atoms with van der Waals surface area (Å²) < 4.78 is 28.1. The van der Waals surface area contributed by atoms with Crippen LogP contribution in [0.1, 0.15) is 5.82 Å². The van der Waals surface area contributed by atoms with Crippen LogP contribution in [0.15, 0.2) is 29.7 Å². The first-order valence-electron chi connectivity index (χ1n) is 5.55. The molecule has 100 valence electrons. The van der Waals surface area contributed by atoms with E-state index in [9.17, 15) is 8.42 Å². The van der Waals surface area contributed by atoms with Crippen molar-refractivity contribution >= 4 is 21.6 Å². The SMILES string of the molecule is O=S(=O)(c1cnccc1Cl)N1CCn2cnnc2C1. The minimum absolute atomic E-state index is 0.0182. The first-order valence-corrected chi connectivity index (χ1v) is 7.37. The lowest BCUT2D eigenvalue weighted by atomic mass is 10.4. The molecule has 0 N–H and O–H groups in total. The van der Waals surface area contributed by atoms with E-state index in [-0.39, 0.29) is 16.5 Å². The van der Waals surface area contributed by atoms with E-state index < -0.39 is 10.0 Å². The van der Waals surface area contributed by atoms with Crippen LogP contribution in [0.5, 0.6) is 0 Å². The number of fused-ring (bicyclic) bond motifs is 1. The number of aromatic nitrogens is 4. The van der Waals surface area contributed by atoms with Gasteiger partial charge in [0.25, 0.3) is 0 Å². The highest BCUT2D eigenvalue weighted by molar-refractivity contribution is 7.89. The number of rotatable bonds is 2. The Balaban J connectivity index is 1.97. The van der Waals surface area contributed by atoms with Gasteiger partial charge in [-0.15, -0.1) is 10.2 Å². The average Bonchev–Trinajstić information content (AvgIpc) is 2.86. The molecular weight excluding hydrogens is 290 g/mol. The molecule has 19 heavy (non-hydrogen) atoms. The predicted molar refractivity (Wildman–Crippen MR) is 66.9 cm³/mol. The van der Waals surface area contributed by atoms with Crippen molar-refractivity contribution in [3.05, 3.63) is 35.6 Å². The summed E-state index contributed by atoms with van der Waals surface area (Å²) in [6, 6.07) is 1.46. The Bertz CT molecular complexity index is 714. The predicted octanol–water partition coefficient (Wildman–Crippen LogP) is 0.531. The van der Waals surface area contributed by atoms with E-state index in [1.54, 1.807) is 6.33 Å². The van der Waals surface area contributed by atoms with E-state index >= 15 is 0 Å². The van der Waals surface area contributed by atoms with Gasteiger partial charge in [-0.25, -0.2) is 8.42 Å². The summed E-state index contributed by atoms with van der Waals surface area (Å²) in [5, 5.41) is 7.83. The molecule has 0 spiro atoms. The van der Waals surface area contributed by atoms with Gasteiger partial charge in [0, 0.05) is 25.5 Å². The van der Waals surface area contributed by atoms with Crippen LogP contribution in [-0.2, 0) is 23.1 Å². The van der Waals surface area contributed by atoms with Crippen LogP contribution in [0.2, 0.25) is 5.02 Å². The molecule has 2 aromatic rings. The molecule has 3 rings (SSSR count). The maximum absolute atomic E-state index is 12.5. The number of sulfonamides is 1. The summed E-state index contributed by atoms with van der Waals surface area (Å²) in [4.78, 5) is 3.84. The highest BCUT2D eigenvalue weighted by Gasteiger charge is 2.30. The molecule has 0 bridgehead atoms. The van der Waals surface area contributed by atoms with Crippen molar-refractivity contribution in [2.75, 3.05) is 6.54 Å². The van der Waals surface area contributed by atoms with Gasteiger partial charge in [-0.1, -0.05) is 11.6 Å². The molecule has 0 radical (unpaired) electrons. The third-order valence-corrected chi connectivity index (χ3v) is 5.27. The molecule has 0 unspecified atom stereocenters. The van der Waals surface area contributed by atoms with E-state index in [1.165, 1.54) is 22.8 Å². The van der Waals surface area contributed by atoms with Gasteiger partial charge >= 0.3 is 0 Å². The highest BCUT2D eigenvalue weighted by Crippen LogP contribution is 2.25. The molecule has 0 atom stereocenters. The van der Waals surface area contributed by atoms with Crippen molar-refractivity contribution < 1.29 is 8.42 Å². The number of halogens is 1. The number of hydrogen-bond acceptors (Lipinski definition) is 5. The van der Waals surface area contributed by atoms with Crippen molar-refractivity contribution in [2.45, 2.75) is 18.0 Å². The Labute approximate surface area is 114 Å². The van der Waals surface area contributed by atoms with Gasteiger partial charge in [-0.3, -0.25) is 4.98 Å². The summed E-state index contributed by atoms with van der Waals surface area (Å²) in [5.74, 6) is 0.620. The van der Waals surface area contributed by atoms with Gasteiger partial charge in [0.05, 0.1) is 11.6 Å². The van der Waals surface area contributed by atoms with E-state index in [2.05, 4.69) is 15.2 Å². The van der Waals surface area contributed by atoms with Crippen LogP contribution >= 0.6 is 11.6 Å². The first-order chi connectivity index (χ1) is 9.09. The second-order valence-electron chi connectivity index (χ2n) is 4.09. The van der Waals surface area contributed by atoms with Gasteiger partial charge in [-0.2, -0.15) is 4.31 Å². The lowest BCUT2D eigenvalue weighted by Crippen LogP contribution is -2.38. The summed E-state index contributed by atoms with van der Waals surface area (Å²) >= 11 is 5.93. The molecule has 0 amide bonds. The Morgan fingerprint density at radius 2 is 2.16 bits per heavy atom. The van der Waals surface area contributed by atoms with Crippen LogP contribution in [0.4, 0.5) is 0 Å². The summed E-state index contributed by atoms with van der Waals surface area (Å²) in [6.07, 6.45) is 4.31. The Hall–Kier alpha value is -1.51. The zero-order chi connectivity index (χ0) is 13.5. The van der Waals surface area contributed by atoms with E-state index in [0.717, 1.165) is 0 Å². The second-order valence-corrected chi connectivity index (χ2v) is 6.40. The normalized spacial score (nSPS) is 16.3. The standard InChI is InChI=1S/C10H10ClN5O2S/c11-8-1-2-12-5-9(8)19(17,18)16-4-3-15-7-13-14-10(15)6-16/h1-2,5,7H,3-4,6H2. The molecule has 1 aliphatic heterocycles. The summed E-state index contributed by atoms with van der Waals surface area (Å²) in [6.45, 7) is 1.07. The summed E-state index contributed by atoms with van der Waals surface area (Å²) in [7, 11) is -3.66. The molecule has 0 saturated heterocycles. The van der Waals surface area contributed by atoms with Crippen molar-refractivity contribution in [1.82, 2.24) is 24.1 Å². The molecule has 2 aromatic heterocycles. The third kappa shape index (κ3) is 2.11. The minimum Gasteiger partial charge on any atom is -0.315 e. The largest absolute Gasteiger partial charge is 0.315 e. The second kappa shape index (κ2) is 4.55. The van der Waals surface area contributed by atoms with Crippen molar-refractivity contribution in [2.24, 2.45) is 0 Å². The summed E-state index contributed by atoms with van der Waals surface area (Å²) in [5.41, 5.74) is 0. The first kappa shape index (κ1) is 12.5. The zero-order valence-corrected chi connectivity index (χ0v) is 11.3. The number of pyridine rings is 1. The van der Waals surface area contributed by atoms with Crippen LogP contribution in [-0.4, -0.2) is 39.0 Å². The maximum atomic E-state index is 12.5. The molecule has 3 heterocycles.